The fourth-order valence-corrected chi connectivity index (χ4v) is 0. The van der Waals surface area contributed by atoms with Crippen molar-refractivity contribution in [1.82, 2.24) is 0 Å². The molecule has 0 aliphatic rings. The second-order valence-electron chi connectivity index (χ2n) is 9.64. The molecule has 0 aliphatic heterocycles. The van der Waals surface area contributed by atoms with Gasteiger partial charge in [0.2, 0.25) is 0 Å². The van der Waals surface area contributed by atoms with Gasteiger partial charge >= 0.3 is 76.6 Å². The van der Waals surface area contributed by atoms with E-state index in [4.69, 9.17) is 29.9 Å². The monoisotopic (exact) mass is 1180 g/mol. The predicted molar refractivity (Wildman–Crippen MR) is 345 cm³/mol. The molecule has 4 N–H and O–H groups in total. The summed E-state index contributed by atoms with van der Waals surface area (Å²) in [5, 5.41) is 40.3. The molecule has 76 heavy (non-hydrogen) atoms. The maximum absolute atomic E-state index is 11.2. The summed E-state index contributed by atoms with van der Waals surface area (Å²) in [6, 6.07) is 0. The van der Waals surface area contributed by atoms with Crippen LogP contribution in [0.15, 0.2) is 24.3 Å². The number of thiocarbonyl (C=S) groups is 1. The van der Waals surface area contributed by atoms with Gasteiger partial charge in [-0.25, -0.2) is 0 Å². The Balaban J connectivity index is -0.0000000134. The minimum Gasteiger partial charge on any atom is -0.850 e. The number of allylic oxidation sites excluding steroid dienone is 4. The Bertz CT molecular complexity index is 671. The summed E-state index contributed by atoms with van der Waals surface area (Å²) < 4.78 is 48.3. The third kappa shape index (κ3) is 3240. The topological polar surface area (TPSA) is 209 Å². The Kier molecular flexibility index (Phi) is 643. The standard InChI is InChI=1S/C4H9O.C4H10.2C4H8.C3H6F2O.2C3H6O2.C3H6OS.C3H8.C2H4O2.C2H4O.7C2H6.CH5BO2.CH3F.CH4O.5CH4.K/c1-4(2,3)5;3*1-3-4-2;1-3(4,5)6-2;2*1-3(4)5-2;1-3(5)4-2;1-3-2;1-2(3)4;1-2-3;7*1-2;1-2(3)4;2*1-2;;;;;;/h1-3H3;3-4H2,1-2H3;2*3-4H,1-2H3;1-2H3;3*1-2H3;3H2,1-2H3;1H3,(H,3,4);2H,1H3;7*1-2H3;3-4H,1H3;1H3;2H,1H3;5*1H4;/q-1;;;;;;;;;;;;;;;;;;;;;;;;;;+1/b;;2*4-3+;;;;;;;;;;;;;;;;;;;;;;;. The largest absolute Gasteiger partial charge is 1.00 e. The number of alkyl halides is 3. The molecule has 0 amide bonds. The van der Waals surface area contributed by atoms with Crippen LogP contribution in [0.25, 0.3) is 0 Å². The van der Waals surface area contributed by atoms with Gasteiger partial charge in [-0.1, -0.05) is 226 Å². The summed E-state index contributed by atoms with van der Waals surface area (Å²) in [6.45, 7) is 58.5. The van der Waals surface area contributed by atoms with Gasteiger partial charge in [-0.2, -0.15) is 8.78 Å². The minimum absolute atomic E-state index is 0. The van der Waals surface area contributed by atoms with Crippen LogP contribution in [0, 0.1) is 0 Å². The number of hydrogen-bond donors (Lipinski definition) is 4. The number of rotatable bonds is 2. The minimum atomic E-state index is -2.96. The number of aldehydes is 1. The van der Waals surface area contributed by atoms with E-state index in [-0.39, 0.29) is 100 Å². The van der Waals surface area contributed by atoms with E-state index in [1.54, 1.807) is 34.8 Å². The van der Waals surface area contributed by atoms with Gasteiger partial charge < -0.3 is 49.1 Å². The van der Waals surface area contributed by atoms with E-state index in [0.717, 1.165) is 27.4 Å². The van der Waals surface area contributed by atoms with Crippen molar-refractivity contribution in [3.63, 3.8) is 0 Å². The van der Waals surface area contributed by atoms with Crippen LogP contribution in [0.3, 0.4) is 0 Å². The number of ether oxygens (including phenoxy) is 4. The number of carbonyl (C=O) groups excluding carboxylic acids is 3. The number of esters is 2. The molecular weight excluding hydrogens is 1030 g/mol. The predicted octanol–water partition coefficient (Wildman–Crippen LogP) is 16.1. The summed E-state index contributed by atoms with van der Waals surface area (Å²) in [5.74, 6) is -1.32. The van der Waals surface area contributed by atoms with Crippen molar-refractivity contribution >= 4 is 48.6 Å². The van der Waals surface area contributed by atoms with E-state index >= 15 is 0 Å². The van der Waals surface area contributed by atoms with Gasteiger partial charge in [0, 0.05) is 48.8 Å². The zero-order chi connectivity index (χ0) is 63.4. The molecule has 486 valence electrons. The third-order valence-corrected chi connectivity index (χ3v) is 2.55. The number of carboxylic acid groups (broad SMARTS) is 1. The molecular formula is C57H149BF3KO13S. The van der Waals surface area contributed by atoms with Gasteiger partial charge in [-0.05, 0) is 53.7 Å². The average molecular weight is 1180 g/mol. The van der Waals surface area contributed by atoms with Crippen LogP contribution >= 0.6 is 12.2 Å². The van der Waals surface area contributed by atoms with Crippen molar-refractivity contribution in [1.29, 1.82) is 0 Å². The van der Waals surface area contributed by atoms with Crippen LogP contribution in [-0.4, -0.2) is 111 Å². The molecule has 0 saturated heterocycles. The quantitative estimate of drug-likeness (QED) is 0.0667. The fourth-order valence-electron chi connectivity index (χ4n) is 0. The molecule has 0 radical (unpaired) electrons. The number of carbonyl (C=O) groups is 4. The SMILES string of the molecule is C.C.C.C.C.C/C=C/C.C/C=C/C.CB(O)O.CC.CC.CC.CC.CC.CC.CC.CC(=O)O.CC(C)(C)[O-].CC=O.CCC.CCCC.CF.CO.COC(C)(F)F.COC(C)=O.COC(C)=O.COC(C)=S.[K+]. The zero-order valence-electron chi connectivity index (χ0n) is 54.6. The molecule has 0 fully saturated rings. The number of carboxylic acids is 1. The Labute approximate surface area is 529 Å². The van der Waals surface area contributed by atoms with E-state index < -0.39 is 24.8 Å². The van der Waals surface area contributed by atoms with Crippen LogP contribution < -0.4 is 56.5 Å². The molecule has 0 bridgehead atoms. The summed E-state index contributed by atoms with van der Waals surface area (Å²) in [6.07, 6.45) is 9.68. The number of halogens is 3. The van der Waals surface area contributed by atoms with E-state index in [9.17, 15) is 27.9 Å². The first kappa shape index (κ1) is 178. The second-order valence-corrected chi connectivity index (χ2v) is 10.2. The maximum Gasteiger partial charge on any atom is 1.00 e. The molecule has 13 nitrogen and oxygen atoms in total. The maximum atomic E-state index is 11.2. The Morgan fingerprint density at radius 3 is 0.618 bits per heavy atom. The van der Waals surface area contributed by atoms with Crippen LogP contribution in [-0.2, 0) is 38.1 Å². The molecule has 0 aliphatic carbocycles. The van der Waals surface area contributed by atoms with Gasteiger partial charge in [0.15, 0.2) is 5.05 Å². The van der Waals surface area contributed by atoms with Crippen LogP contribution in [0.5, 0.6) is 0 Å². The normalized spacial score (nSPS) is 6.28. The first-order valence-corrected chi connectivity index (χ1v) is 24.5. The van der Waals surface area contributed by atoms with E-state index in [2.05, 4.69) is 58.9 Å². The van der Waals surface area contributed by atoms with Crippen molar-refractivity contribution in [3.8, 4) is 0 Å². The van der Waals surface area contributed by atoms with E-state index in [1.807, 2.05) is 149 Å². The number of aliphatic carboxylic acids is 1. The van der Waals surface area contributed by atoms with E-state index in [0.29, 0.717) is 19.2 Å². The molecule has 19 heteroatoms. The summed E-state index contributed by atoms with van der Waals surface area (Å²) in [7, 11) is 5.55. The number of unbranched alkanes of at least 4 members (excludes halogenated alkanes) is 1. The Morgan fingerprint density at radius 2 is 0.618 bits per heavy atom. The van der Waals surface area contributed by atoms with Crippen LogP contribution in [0.4, 0.5) is 13.2 Å². The molecule has 0 atom stereocenters. The molecule has 0 spiro atoms. The first-order valence-electron chi connectivity index (χ1n) is 24.1. The molecule has 0 saturated carbocycles. The van der Waals surface area contributed by atoms with Crippen molar-refractivity contribution in [2.75, 3.05) is 42.7 Å². The van der Waals surface area contributed by atoms with Gasteiger partial charge in [-0.15, -0.1) is 5.60 Å². The molecule has 0 aromatic heterocycles. The van der Waals surface area contributed by atoms with Crippen molar-refractivity contribution in [3.05, 3.63) is 24.3 Å². The van der Waals surface area contributed by atoms with Crippen molar-refractivity contribution < 1.29 is 128 Å². The summed E-state index contributed by atoms with van der Waals surface area (Å²) in [4.78, 5) is 37.0. The summed E-state index contributed by atoms with van der Waals surface area (Å²) in [5.41, 5.74) is -0.750. The number of methoxy groups -OCH3 is 4. The molecule has 0 aromatic rings. The summed E-state index contributed by atoms with van der Waals surface area (Å²) >= 11 is 4.47. The first-order chi connectivity index (χ1) is 32.4. The third-order valence-electron chi connectivity index (χ3n) is 2.39. The number of aliphatic hydroxyl groups is 1. The van der Waals surface area contributed by atoms with Gasteiger partial charge in [0.1, 0.15) is 6.29 Å². The number of aliphatic hydroxyl groups excluding tert-OH is 1. The number of hydrogen-bond acceptors (Lipinski definition) is 13. The van der Waals surface area contributed by atoms with Gasteiger partial charge in [-0.3, -0.25) is 18.8 Å². The zero-order valence-corrected chi connectivity index (χ0v) is 58.5. The van der Waals surface area contributed by atoms with Gasteiger partial charge in [0.25, 0.3) is 5.97 Å². The van der Waals surface area contributed by atoms with E-state index in [1.165, 1.54) is 61.1 Å². The van der Waals surface area contributed by atoms with Crippen LogP contribution in [0.2, 0.25) is 6.82 Å². The van der Waals surface area contributed by atoms with Crippen molar-refractivity contribution in [2.24, 2.45) is 0 Å². The second kappa shape index (κ2) is 274. The van der Waals surface area contributed by atoms with Gasteiger partial charge in [0.05, 0.1) is 28.5 Å². The Morgan fingerprint density at radius 1 is 0.553 bits per heavy atom. The van der Waals surface area contributed by atoms with Crippen LogP contribution in [0.1, 0.15) is 271 Å². The molecule has 0 rings (SSSR count). The fraction of sp³-hybridized carbons (Fsp3) is 0.842. The average Bonchev–Trinajstić information content (AvgIpc) is 3.35. The molecule has 0 unspecified atom stereocenters. The molecule has 0 heterocycles. The molecule has 0 aromatic carbocycles. The van der Waals surface area contributed by atoms with Crippen molar-refractivity contribution in [2.45, 2.75) is 290 Å². The Hall–Kier alpha value is -1.26. The smallest absolute Gasteiger partial charge is 0.850 e.